The molecule has 0 radical (unpaired) electrons. The van der Waals surface area contributed by atoms with Crippen LogP contribution in [-0.4, -0.2) is 47.7 Å². The molecule has 21 heavy (non-hydrogen) atoms. The molecule has 114 valence electrons. The van der Waals surface area contributed by atoms with E-state index in [0.717, 1.165) is 0 Å². The zero-order valence-corrected chi connectivity index (χ0v) is 13.7. The number of halogens is 2. The van der Waals surface area contributed by atoms with Crippen molar-refractivity contribution in [3.8, 4) is 0 Å². The Bertz CT molecular complexity index is 566. The lowest BCUT2D eigenvalue weighted by molar-refractivity contribution is -0.137. The Hall–Kier alpha value is -1.11. The lowest BCUT2D eigenvalue weighted by Gasteiger charge is -2.23. The lowest BCUT2D eigenvalue weighted by Crippen LogP contribution is -2.37. The van der Waals surface area contributed by atoms with Gasteiger partial charge in [-0.15, -0.1) is 0 Å². The normalized spacial score (nSPS) is 21.6. The van der Waals surface area contributed by atoms with Gasteiger partial charge in [0.1, 0.15) is 0 Å². The number of carboxylic acids is 1. The molecule has 1 N–H and O–H groups in total. The first-order valence-corrected chi connectivity index (χ1v) is 7.60. The number of aliphatic carboxylic acids is 1. The van der Waals surface area contributed by atoms with E-state index in [2.05, 4.69) is 15.9 Å². The zero-order chi connectivity index (χ0) is 15.6. The van der Waals surface area contributed by atoms with Crippen molar-refractivity contribution < 1.29 is 19.4 Å². The minimum atomic E-state index is -0.935. The van der Waals surface area contributed by atoms with Gasteiger partial charge in [0.25, 0.3) is 5.91 Å². The minimum absolute atomic E-state index is 0.1000. The number of amides is 1. The molecule has 1 aliphatic heterocycles. The number of carbonyl (C=O) groups excluding carboxylic acids is 1. The van der Waals surface area contributed by atoms with Crippen molar-refractivity contribution in [1.82, 2.24) is 4.90 Å². The number of benzene rings is 1. The van der Waals surface area contributed by atoms with Gasteiger partial charge in [-0.05, 0) is 34.5 Å². The second-order valence-corrected chi connectivity index (χ2v) is 6.14. The summed E-state index contributed by atoms with van der Waals surface area (Å²) in [6, 6.07) is 4.72. The first-order valence-electron chi connectivity index (χ1n) is 6.43. The summed E-state index contributed by atoms with van der Waals surface area (Å²) in [4.78, 5) is 25.1. The molecule has 0 saturated carbocycles. The van der Waals surface area contributed by atoms with Crippen LogP contribution < -0.4 is 0 Å². The van der Waals surface area contributed by atoms with Crippen LogP contribution in [0, 0.1) is 0 Å². The molecule has 2 unspecified atom stereocenters. The fourth-order valence-electron chi connectivity index (χ4n) is 2.51. The SMILES string of the molecule is COC1CC(CC(=O)O)N(C(=O)c2cccc(Br)c2Cl)C1. The fraction of sp³-hybridized carbons (Fsp3) is 0.429. The first-order chi connectivity index (χ1) is 9.93. The molecule has 1 aromatic rings. The van der Waals surface area contributed by atoms with Crippen LogP contribution in [0.25, 0.3) is 0 Å². The van der Waals surface area contributed by atoms with Crippen molar-refractivity contribution in [3.63, 3.8) is 0 Å². The monoisotopic (exact) mass is 375 g/mol. The average molecular weight is 377 g/mol. The highest BCUT2D eigenvalue weighted by Crippen LogP contribution is 2.30. The topological polar surface area (TPSA) is 66.8 Å². The maximum absolute atomic E-state index is 12.6. The van der Waals surface area contributed by atoms with Crippen molar-refractivity contribution in [1.29, 1.82) is 0 Å². The Morgan fingerprint density at radius 1 is 1.52 bits per heavy atom. The standard InChI is InChI=1S/C14H15BrClNO4/c1-21-9-5-8(6-12(18)19)17(7-9)14(20)10-3-2-4-11(15)13(10)16/h2-4,8-9H,5-7H2,1H3,(H,18,19). The van der Waals surface area contributed by atoms with Crippen molar-refractivity contribution in [3.05, 3.63) is 33.3 Å². The molecule has 1 heterocycles. The summed E-state index contributed by atoms with van der Waals surface area (Å²) in [6.45, 7) is 0.371. The van der Waals surface area contributed by atoms with Gasteiger partial charge in [-0.2, -0.15) is 0 Å². The summed E-state index contributed by atoms with van der Waals surface area (Å²) in [7, 11) is 1.56. The van der Waals surface area contributed by atoms with Gasteiger partial charge in [-0.3, -0.25) is 9.59 Å². The number of likely N-dealkylation sites (tertiary alicyclic amines) is 1. The number of carboxylic acid groups (broad SMARTS) is 1. The molecular formula is C14H15BrClNO4. The van der Waals surface area contributed by atoms with Gasteiger partial charge in [-0.1, -0.05) is 17.7 Å². The Morgan fingerprint density at radius 3 is 2.86 bits per heavy atom. The third-order valence-electron chi connectivity index (χ3n) is 3.56. The van der Waals surface area contributed by atoms with Gasteiger partial charge < -0.3 is 14.7 Å². The summed E-state index contributed by atoms with van der Waals surface area (Å²) >= 11 is 9.43. The van der Waals surface area contributed by atoms with Crippen LogP contribution in [0.15, 0.2) is 22.7 Å². The maximum Gasteiger partial charge on any atom is 0.305 e. The first kappa shape index (κ1) is 16.3. The smallest absolute Gasteiger partial charge is 0.305 e. The lowest BCUT2D eigenvalue weighted by atomic mass is 10.1. The van der Waals surface area contributed by atoms with E-state index < -0.39 is 5.97 Å². The second kappa shape index (κ2) is 6.77. The number of hydrogen-bond acceptors (Lipinski definition) is 3. The molecule has 2 rings (SSSR count). The number of nitrogens with zero attached hydrogens (tertiary/aromatic N) is 1. The van der Waals surface area contributed by atoms with E-state index in [1.165, 1.54) is 4.90 Å². The van der Waals surface area contributed by atoms with Crippen molar-refractivity contribution in [2.45, 2.75) is 25.0 Å². The number of carbonyl (C=O) groups is 2. The molecule has 0 aliphatic carbocycles. The highest BCUT2D eigenvalue weighted by Gasteiger charge is 2.37. The Kier molecular flexibility index (Phi) is 5.24. The molecule has 0 aromatic heterocycles. The summed E-state index contributed by atoms with van der Waals surface area (Å²) in [5.41, 5.74) is 0.359. The minimum Gasteiger partial charge on any atom is -0.481 e. The number of rotatable bonds is 4. The number of hydrogen-bond donors (Lipinski definition) is 1. The van der Waals surface area contributed by atoms with Crippen LogP contribution in [0.4, 0.5) is 0 Å². The molecule has 1 aliphatic rings. The van der Waals surface area contributed by atoms with Crippen LogP contribution in [-0.2, 0) is 9.53 Å². The van der Waals surface area contributed by atoms with Crippen molar-refractivity contribution in [2.24, 2.45) is 0 Å². The second-order valence-electron chi connectivity index (χ2n) is 4.90. The van der Waals surface area contributed by atoms with Gasteiger partial charge in [0, 0.05) is 24.2 Å². The molecule has 1 saturated heterocycles. The molecule has 1 amide bonds. The van der Waals surface area contributed by atoms with Gasteiger partial charge in [0.05, 0.1) is 23.1 Å². The number of methoxy groups -OCH3 is 1. The third-order valence-corrected chi connectivity index (χ3v) is 4.86. The number of ether oxygens (including phenoxy) is 1. The van der Waals surface area contributed by atoms with E-state index in [1.54, 1.807) is 25.3 Å². The molecule has 0 spiro atoms. The molecule has 0 bridgehead atoms. The van der Waals surface area contributed by atoms with Crippen LogP contribution in [0.1, 0.15) is 23.2 Å². The largest absolute Gasteiger partial charge is 0.481 e. The van der Waals surface area contributed by atoms with Crippen LogP contribution in [0.5, 0.6) is 0 Å². The van der Waals surface area contributed by atoms with E-state index in [-0.39, 0.29) is 24.5 Å². The van der Waals surface area contributed by atoms with Gasteiger partial charge in [0.2, 0.25) is 0 Å². The molecule has 2 atom stereocenters. The quantitative estimate of drug-likeness (QED) is 0.877. The van der Waals surface area contributed by atoms with E-state index in [4.69, 9.17) is 21.4 Å². The van der Waals surface area contributed by atoms with E-state index in [1.807, 2.05) is 0 Å². The molecule has 5 nitrogen and oxygen atoms in total. The summed E-state index contributed by atoms with van der Waals surface area (Å²) in [5, 5.41) is 9.32. The van der Waals surface area contributed by atoms with Crippen LogP contribution in [0.2, 0.25) is 5.02 Å². The van der Waals surface area contributed by atoms with Gasteiger partial charge >= 0.3 is 5.97 Å². The molecular weight excluding hydrogens is 362 g/mol. The van der Waals surface area contributed by atoms with E-state index >= 15 is 0 Å². The average Bonchev–Trinajstić information content (AvgIpc) is 2.83. The Morgan fingerprint density at radius 2 is 2.24 bits per heavy atom. The predicted octanol–water partition coefficient (Wildman–Crippen LogP) is 2.81. The maximum atomic E-state index is 12.6. The molecule has 7 heteroatoms. The van der Waals surface area contributed by atoms with E-state index in [9.17, 15) is 9.59 Å². The molecule has 1 aromatic carbocycles. The molecule has 1 fully saturated rings. The Balaban J connectivity index is 2.27. The van der Waals surface area contributed by atoms with E-state index in [0.29, 0.717) is 28.0 Å². The third kappa shape index (κ3) is 3.56. The summed E-state index contributed by atoms with van der Waals surface area (Å²) < 4.78 is 5.90. The highest BCUT2D eigenvalue weighted by atomic mass is 79.9. The summed E-state index contributed by atoms with van der Waals surface area (Å²) in [6.07, 6.45) is 0.265. The van der Waals surface area contributed by atoms with Crippen molar-refractivity contribution >= 4 is 39.4 Å². The van der Waals surface area contributed by atoms with Gasteiger partial charge in [-0.25, -0.2) is 0 Å². The predicted molar refractivity (Wildman–Crippen MR) is 81.6 cm³/mol. The van der Waals surface area contributed by atoms with Gasteiger partial charge in [0.15, 0.2) is 0 Å². The van der Waals surface area contributed by atoms with Crippen molar-refractivity contribution in [2.75, 3.05) is 13.7 Å². The Labute approximate surface area is 136 Å². The fourth-order valence-corrected chi connectivity index (χ4v) is 3.08. The van der Waals surface area contributed by atoms with Crippen LogP contribution >= 0.6 is 27.5 Å². The summed E-state index contributed by atoms with van der Waals surface area (Å²) in [5.74, 6) is -1.21. The van der Waals surface area contributed by atoms with Crippen LogP contribution in [0.3, 0.4) is 0 Å². The zero-order valence-electron chi connectivity index (χ0n) is 11.4. The highest BCUT2D eigenvalue weighted by molar-refractivity contribution is 9.10.